The van der Waals surface area contributed by atoms with Crippen LogP contribution >= 0.6 is 0 Å². The Morgan fingerprint density at radius 1 is 1.00 bits per heavy atom. The van der Waals surface area contributed by atoms with Crippen molar-refractivity contribution < 1.29 is 26.7 Å². The molecule has 0 amide bonds. The maximum Gasteiger partial charge on any atom is 0.416 e. The van der Waals surface area contributed by atoms with E-state index >= 15 is 0 Å². The minimum atomic E-state index is -4.46. The first kappa shape index (κ1) is 19.9. The molecule has 0 aromatic heterocycles. The molecule has 1 aliphatic rings. The second-order valence-electron chi connectivity index (χ2n) is 6.63. The van der Waals surface area contributed by atoms with Crippen LogP contribution in [0.3, 0.4) is 0 Å². The second kappa shape index (κ2) is 7.61. The van der Waals surface area contributed by atoms with E-state index in [0.29, 0.717) is 0 Å². The van der Waals surface area contributed by atoms with E-state index in [-0.39, 0.29) is 17.0 Å². The summed E-state index contributed by atoms with van der Waals surface area (Å²) in [6.45, 7) is -0.329. The SMILES string of the molecule is O=S(=O)(NC[C@H](O)c1ccc(C(F)(F)F)cc1)c1ccc2c(c1)CCCC2. The Bertz CT molecular complexity index is 909. The van der Waals surface area contributed by atoms with Gasteiger partial charge in [0.05, 0.1) is 16.6 Å². The van der Waals surface area contributed by atoms with Crippen molar-refractivity contribution in [2.75, 3.05) is 6.54 Å². The van der Waals surface area contributed by atoms with Crippen LogP contribution in [0.4, 0.5) is 13.2 Å². The lowest BCUT2D eigenvalue weighted by Crippen LogP contribution is -2.28. The van der Waals surface area contributed by atoms with Crippen molar-refractivity contribution in [2.24, 2.45) is 0 Å². The van der Waals surface area contributed by atoms with Crippen LogP contribution in [0.1, 0.15) is 41.2 Å². The summed E-state index contributed by atoms with van der Waals surface area (Å²) in [5, 5.41) is 10.1. The van der Waals surface area contributed by atoms with Crippen LogP contribution in [0.15, 0.2) is 47.4 Å². The molecule has 0 fully saturated rings. The highest BCUT2D eigenvalue weighted by atomic mass is 32.2. The van der Waals surface area contributed by atoms with E-state index in [1.807, 2.05) is 6.07 Å². The maximum absolute atomic E-state index is 12.6. The molecule has 0 heterocycles. The van der Waals surface area contributed by atoms with E-state index in [0.717, 1.165) is 61.1 Å². The van der Waals surface area contributed by atoms with Crippen LogP contribution in [0.5, 0.6) is 0 Å². The van der Waals surface area contributed by atoms with Crippen LogP contribution in [0.2, 0.25) is 0 Å². The van der Waals surface area contributed by atoms with Gasteiger partial charge in [-0.3, -0.25) is 0 Å². The van der Waals surface area contributed by atoms with Gasteiger partial charge in [-0.15, -0.1) is 0 Å². The van der Waals surface area contributed by atoms with Gasteiger partial charge in [0.25, 0.3) is 0 Å². The second-order valence-corrected chi connectivity index (χ2v) is 8.39. The van der Waals surface area contributed by atoms with Crippen LogP contribution < -0.4 is 4.72 Å². The van der Waals surface area contributed by atoms with Gasteiger partial charge in [0.1, 0.15) is 0 Å². The zero-order chi connectivity index (χ0) is 19.7. The summed E-state index contributed by atoms with van der Waals surface area (Å²) >= 11 is 0. The van der Waals surface area contributed by atoms with Crippen molar-refractivity contribution in [1.82, 2.24) is 4.72 Å². The highest BCUT2D eigenvalue weighted by Gasteiger charge is 2.30. The number of aryl methyl sites for hydroxylation is 2. The number of hydrogen-bond donors (Lipinski definition) is 2. The highest BCUT2D eigenvalue weighted by molar-refractivity contribution is 7.89. The lowest BCUT2D eigenvalue weighted by molar-refractivity contribution is -0.137. The molecule has 27 heavy (non-hydrogen) atoms. The van der Waals surface area contributed by atoms with E-state index in [9.17, 15) is 26.7 Å². The molecule has 0 saturated heterocycles. The number of sulfonamides is 1. The third-order valence-electron chi connectivity index (χ3n) is 4.72. The molecular formula is C19H20F3NO3S. The largest absolute Gasteiger partial charge is 0.416 e. The van der Waals surface area contributed by atoms with Gasteiger partial charge in [0, 0.05) is 6.54 Å². The van der Waals surface area contributed by atoms with Gasteiger partial charge in [-0.1, -0.05) is 18.2 Å². The van der Waals surface area contributed by atoms with E-state index in [2.05, 4.69) is 4.72 Å². The first-order chi connectivity index (χ1) is 12.7. The number of fused-ring (bicyclic) bond motifs is 1. The standard InChI is InChI=1S/C19H20F3NO3S/c20-19(21,22)16-8-5-14(6-9-16)18(24)12-23-27(25,26)17-10-7-13-3-1-2-4-15(13)11-17/h5-11,18,23-24H,1-4,12H2/t18-/m0/s1. The fourth-order valence-electron chi connectivity index (χ4n) is 3.16. The fourth-order valence-corrected chi connectivity index (χ4v) is 4.25. The minimum absolute atomic E-state index is 0.128. The van der Waals surface area contributed by atoms with Crippen molar-refractivity contribution in [3.05, 3.63) is 64.7 Å². The van der Waals surface area contributed by atoms with Gasteiger partial charge < -0.3 is 5.11 Å². The molecule has 0 bridgehead atoms. The van der Waals surface area contributed by atoms with Crippen molar-refractivity contribution in [3.63, 3.8) is 0 Å². The van der Waals surface area contributed by atoms with E-state index in [1.54, 1.807) is 6.07 Å². The minimum Gasteiger partial charge on any atom is -0.387 e. The normalized spacial score (nSPS) is 16.0. The molecule has 0 saturated carbocycles. The molecule has 1 atom stereocenters. The molecule has 0 aliphatic heterocycles. The van der Waals surface area contributed by atoms with Gasteiger partial charge in [-0.05, 0) is 66.6 Å². The van der Waals surface area contributed by atoms with E-state index in [4.69, 9.17) is 0 Å². The summed E-state index contributed by atoms with van der Waals surface area (Å²) in [7, 11) is -3.82. The molecule has 146 valence electrons. The van der Waals surface area contributed by atoms with Crippen molar-refractivity contribution in [3.8, 4) is 0 Å². The van der Waals surface area contributed by atoms with E-state index in [1.165, 1.54) is 6.07 Å². The molecule has 2 aromatic carbocycles. The number of alkyl halides is 3. The number of nitrogens with one attached hydrogen (secondary N) is 1. The lowest BCUT2D eigenvalue weighted by Gasteiger charge is -2.17. The Labute approximate surface area is 156 Å². The quantitative estimate of drug-likeness (QED) is 0.808. The molecule has 2 aromatic rings. The highest BCUT2D eigenvalue weighted by Crippen LogP contribution is 2.30. The average molecular weight is 399 g/mol. The van der Waals surface area contributed by atoms with Crippen LogP contribution in [0.25, 0.3) is 0 Å². The molecule has 0 radical (unpaired) electrons. The van der Waals surface area contributed by atoms with Crippen LogP contribution in [0, 0.1) is 0 Å². The first-order valence-electron chi connectivity index (χ1n) is 8.63. The Morgan fingerprint density at radius 3 is 2.26 bits per heavy atom. The summed E-state index contributed by atoms with van der Waals surface area (Å²) < 4.78 is 65.0. The third kappa shape index (κ3) is 4.69. The predicted molar refractivity (Wildman–Crippen MR) is 94.7 cm³/mol. The molecule has 3 rings (SSSR count). The molecule has 8 heteroatoms. The van der Waals surface area contributed by atoms with Crippen LogP contribution in [-0.2, 0) is 29.0 Å². The Morgan fingerprint density at radius 2 is 1.63 bits per heavy atom. The molecule has 2 N–H and O–H groups in total. The summed E-state index contributed by atoms with van der Waals surface area (Å²) in [5.41, 5.74) is 1.56. The Hall–Kier alpha value is -1.90. The maximum atomic E-state index is 12.6. The molecule has 4 nitrogen and oxygen atoms in total. The lowest BCUT2D eigenvalue weighted by atomic mass is 9.92. The number of benzene rings is 2. The molecule has 0 spiro atoms. The zero-order valence-electron chi connectivity index (χ0n) is 14.5. The van der Waals surface area contributed by atoms with Gasteiger partial charge in [0.15, 0.2) is 0 Å². The molecular weight excluding hydrogens is 379 g/mol. The Kier molecular flexibility index (Phi) is 5.60. The van der Waals surface area contributed by atoms with E-state index < -0.39 is 27.9 Å². The van der Waals surface area contributed by atoms with Gasteiger partial charge in [0.2, 0.25) is 10.0 Å². The monoisotopic (exact) mass is 399 g/mol. The van der Waals surface area contributed by atoms with Gasteiger partial charge >= 0.3 is 6.18 Å². The predicted octanol–water partition coefficient (Wildman–Crippen LogP) is 3.60. The summed E-state index contributed by atoms with van der Waals surface area (Å²) in [4.78, 5) is 0.128. The van der Waals surface area contributed by atoms with Crippen molar-refractivity contribution in [2.45, 2.75) is 42.9 Å². The average Bonchev–Trinajstić information content (AvgIpc) is 2.65. The topological polar surface area (TPSA) is 66.4 Å². The number of halogens is 3. The summed E-state index contributed by atoms with van der Waals surface area (Å²) in [6.07, 6.45) is -1.81. The van der Waals surface area contributed by atoms with Crippen molar-refractivity contribution in [1.29, 1.82) is 0 Å². The fraction of sp³-hybridized carbons (Fsp3) is 0.368. The van der Waals surface area contributed by atoms with Gasteiger partial charge in [-0.2, -0.15) is 13.2 Å². The number of aliphatic hydroxyl groups excluding tert-OH is 1. The summed E-state index contributed by atoms with van der Waals surface area (Å²) in [6, 6.07) is 9.00. The summed E-state index contributed by atoms with van der Waals surface area (Å²) in [5.74, 6) is 0. The molecule has 1 aliphatic carbocycles. The molecule has 0 unspecified atom stereocenters. The van der Waals surface area contributed by atoms with Crippen LogP contribution in [-0.4, -0.2) is 20.1 Å². The third-order valence-corrected chi connectivity index (χ3v) is 6.14. The smallest absolute Gasteiger partial charge is 0.387 e. The Balaban J connectivity index is 1.68. The van der Waals surface area contributed by atoms with Crippen molar-refractivity contribution >= 4 is 10.0 Å². The number of hydrogen-bond acceptors (Lipinski definition) is 3. The number of aliphatic hydroxyl groups is 1. The first-order valence-corrected chi connectivity index (χ1v) is 10.1. The zero-order valence-corrected chi connectivity index (χ0v) is 15.3. The number of rotatable bonds is 5. The van der Waals surface area contributed by atoms with Gasteiger partial charge in [-0.25, -0.2) is 13.1 Å².